The molecule has 0 unspecified atom stereocenters. The van der Waals surface area contributed by atoms with E-state index in [2.05, 4.69) is 29.5 Å². The van der Waals surface area contributed by atoms with Crippen LogP contribution in [-0.4, -0.2) is 30.9 Å². The lowest BCUT2D eigenvalue weighted by Crippen LogP contribution is -2.39. The standard InChI is InChI=1S/C26H29N3O4/c1-15-21(25(31)29-20-11-6-7-12-27-20)22(16-9-8-10-19(32-4)24(16)33-5)23-17(28-15)13-26(2,3)14-18(23)30/h6-12,22,28H,13-14H2,1-5H3,(H,27,29,31)/t22-/m0/s1. The monoisotopic (exact) mass is 447 g/mol. The number of anilines is 1. The molecule has 2 heterocycles. The first-order valence-electron chi connectivity index (χ1n) is 10.9. The maximum absolute atomic E-state index is 13.6. The van der Waals surface area contributed by atoms with Crippen LogP contribution in [0.4, 0.5) is 5.82 Å². The van der Waals surface area contributed by atoms with Crippen LogP contribution < -0.4 is 20.1 Å². The van der Waals surface area contributed by atoms with Gasteiger partial charge in [0.05, 0.1) is 20.1 Å². The molecule has 0 bridgehead atoms. The van der Waals surface area contributed by atoms with Gasteiger partial charge in [0.15, 0.2) is 17.3 Å². The van der Waals surface area contributed by atoms with Crippen molar-refractivity contribution in [3.63, 3.8) is 0 Å². The van der Waals surface area contributed by atoms with Crippen LogP contribution in [-0.2, 0) is 9.59 Å². The number of carbonyl (C=O) groups excluding carboxylic acids is 2. The summed E-state index contributed by atoms with van der Waals surface area (Å²) in [5.41, 5.74) is 3.17. The van der Waals surface area contributed by atoms with Crippen molar-refractivity contribution in [2.24, 2.45) is 5.41 Å². The number of amides is 1. The van der Waals surface area contributed by atoms with Gasteiger partial charge in [-0.2, -0.15) is 0 Å². The lowest BCUT2D eigenvalue weighted by atomic mass is 9.68. The van der Waals surface area contributed by atoms with Gasteiger partial charge in [-0.1, -0.05) is 32.0 Å². The second-order valence-corrected chi connectivity index (χ2v) is 9.18. The van der Waals surface area contributed by atoms with Crippen LogP contribution in [0.1, 0.15) is 45.1 Å². The van der Waals surface area contributed by atoms with Crippen molar-refractivity contribution in [2.45, 2.75) is 39.5 Å². The highest BCUT2D eigenvalue weighted by atomic mass is 16.5. The van der Waals surface area contributed by atoms with Gasteiger partial charge < -0.3 is 20.1 Å². The fourth-order valence-corrected chi connectivity index (χ4v) is 4.81. The number of rotatable bonds is 5. The molecule has 2 N–H and O–H groups in total. The molecule has 1 aliphatic heterocycles. The van der Waals surface area contributed by atoms with E-state index in [1.54, 1.807) is 44.7 Å². The van der Waals surface area contributed by atoms with Crippen LogP contribution in [0.3, 0.4) is 0 Å². The summed E-state index contributed by atoms with van der Waals surface area (Å²) in [6.07, 6.45) is 2.74. The van der Waals surface area contributed by atoms with Crippen molar-refractivity contribution in [1.82, 2.24) is 10.3 Å². The molecule has 1 aromatic heterocycles. The van der Waals surface area contributed by atoms with E-state index < -0.39 is 5.92 Å². The summed E-state index contributed by atoms with van der Waals surface area (Å²) in [5.74, 6) is 0.597. The third kappa shape index (κ3) is 4.23. The lowest BCUT2D eigenvalue weighted by Gasteiger charge is -2.40. The molecular weight excluding hydrogens is 418 g/mol. The van der Waals surface area contributed by atoms with Crippen molar-refractivity contribution in [3.8, 4) is 11.5 Å². The van der Waals surface area contributed by atoms with E-state index in [1.807, 2.05) is 19.1 Å². The van der Waals surface area contributed by atoms with Crippen LogP contribution in [0.5, 0.6) is 11.5 Å². The summed E-state index contributed by atoms with van der Waals surface area (Å²) >= 11 is 0. The number of hydrogen-bond donors (Lipinski definition) is 2. The molecule has 1 amide bonds. The Kier molecular flexibility index (Phi) is 5.97. The Morgan fingerprint density at radius 3 is 2.58 bits per heavy atom. The quantitative estimate of drug-likeness (QED) is 0.709. The summed E-state index contributed by atoms with van der Waals surface area (Å²) in [6, 6.07) is 10.8. The highest BCUT2D eigenvalue weighted by molar-refractivity contribution is 6.09. The number of nitrogens with zero attached hydrogens (tertiary/aromatic N) is 1. The minimum atomic E-state index is -0.599. The van der Waals surface area contributed by atoms with Crippen LogP contribution in [0.2, 0.25) is 0 Å². The number of methoxy groups -OCH3 is 2. The van der Waals surface area contributed by atoms with Crippen molar-refractivity contribution in [3.05, 3.63) is 70.7 Å². The fraction of sp³-hybridized carbons (Fsp3) is 0.346. The minimum absolute atomic E-state index is 0.0271. The summed E-state index contributed by atoms with van der Waals surface area (Å²) < 4.78 is 11.2. The van der Waals surface area contributed by atoms with E-state index in [1.165, 1.54) is 0 Å². The number of dihydropyridines is 1. The third-order valence-corrected chi connectivity index (χ3v) is 6.14. The van der Waals surface area contributed by atoms with Gasteiger partial charge in [0.25, 0.3) is 5.91 Å². The number of nitrogens with one attached hydrogen (secondary N) is 2. The Balaban J connectivity index is 1.89. The Bertz CT molecular complexity index is 1170. The second-order valence-electron chi connectivity index (χ2n) is 9.18. The third-order valence-electron chi connectivity index (χ3n) is 6.14. The van der Waals surface area contributed by atoms with Crippen molar-refractivity contribution in [1.29, 1.82) is 0 Å². The molecule has 2 aromatic rings. The molecule has 172 valence electrons. The summed E-state index contributed by atoms with van der Waals surface area (Å²) in [5, 5.41) is 6.25. The smallest absolute Gasteiger partial charge is 0.255 e. The van der Waals surface area contributed by atoms with Crippen LogP contribution in [0.25, 0.3) is 0 Å². The second kappa shape index (κ2) is 8.73. The molecular formula is C26H29N3O4. The molecule has 7 heteroatoms. The molecule has 2 aliphatic rings. The largest absolute Gasteiger partial charge is 0.493 e. The highest BCUT2D eigenvalue weighted by Gasteiger charge is 2.43. The van der Waals surface area contributed by atoms with Gasteiger partial charge in [-0.25, -0.2) is 4.98 Å². The number of pyridine rings is 1. The number of Topliss-reactive ketones (excluding diaryl/α,β-unsaturated/α-hetero) is 1. The molecule has 4 rings (SSSR count). The number of benzene rings is 1. The molecule has 0 radical (unpaired) electrons. The first-order chi connectivity index (χ1) is 15.8. The van der Waals surface area contributed by atoms with Crippen molar-refractivity contribution in [2.75, 3.05) is 19.5 Å². The fourth-order valence-electron chi connectivity index (χ4n) is 4.81. The van der Waals surface area contributed by atoms with Gasteiger partial charge in [-0.15, -0.1) is 0 Å². The molecule has 33 heavy (non-hydrogen) atoms. The molecule has 0 saturated carbocycles. The van der Waals surface area contributed by atoms with E-state index in [-0.39, 0.29) is 17.1 Å². The van der Waals surface area contributed by atoms with Gasteiger partial charge in [0.2, 0.25) is 0 Å². The molecule has 1 aromatic carbocycles. The topological polar surface area (TPSA) is 89.5 Å². The normalized spacial score (nSPS) is 19.5. The number of ether oxygens (including phenoxy) is 2. The van der Waals surface area contributed by atoms with E-state index in [0.717, 1.165) is 5.70 Å². The Hall–Kier alpha value is -3.61. The maximum Gasteiger partial charge on any atom is 0.255 e. The maximum atomic E-state index is 13.6. The zero-order valence-corrected chi connectivity index (χ0v) is 19.6. The minimum Gasteiger partial charge on any atom is -0.493 e. The average molecular weight is 448 g/mol. The van der Waals surface area contributed by atoms with E-state index >= 15 is 0 Å². The number of carbonyl (C=O) groups is 2. The predicted molar refractivity (Wildman–Crippen MR) is 126 cm³/mol. The molecule has 0 spiro atoms. The van der Waals surface area contributed by atoms with E-state index in [0.29, 0.717) is 52.6 Å². The number of para-hydroxylation sites is 1. The zero-order chi connectivity index (χ0) is 23.8. The lowest BCUT2D eigenvalue weighted by molar-refractivity contribution is -0.118. The molecule has 7 nitrogen and oxygen atoms in total. The van der Waals surface area contributed by atoms with Gasteiger partial charge in [-0.3, -0.25) is 9.59 Å². The summed E-state index contributed by atoms with van der Waals surface area (Å²) in [7, 11) is 3.13. The zero-order valence-electron chi connectivity index (χ0n) is 19.6. The SMILES string of the molecule is COc1cccc([C@H]2C(C(=O)Nc3ccccn3)=C(C)NC3=C2C(=O)CC(C)(C)C3)c1OC. The average Bonchev–Trinajstić information content (AvgIpc) is 2.77. The summed E-state index contributed by atoms with van der Waals surface area (Å²) in [6.45, 7) is 6.03. The van der Waals surface area contributed by atoms with Crippen LogP contribution in [0.15, 0.2) is 65.1 Å². The number of aromatic nitrogens is 1. The van der Waals surface area contributed by atoms with Gasteiger partial charge in [0.1, 0.15) is 5.82 Å². The molecule has 0 fully saturated rings. The van der Waals surface area contributed by atoms with E-state index in [4.69, 9.17) is 9.47 Å². The molecule has 1 aliphatic carbocycles. The molecule has 0 saturated heterocycles. The Morgan fingerprint density at radius 1 is 1.12 bits per heavy atom. The highest BCUT2D eigenvalue weighted by Crippen LogP contribution is 2.49. The first-order valence-corrected chi connectivity index (χ1v) is 10.9. The number of allylic oxidation sites excluding steroid dienone is 3. The van der Waals surface area contributed by atoms with Gasteiger partial charge in [0, 0.05) is 40.7 Å². The number of hydrogen-bond acceptors (Lipinski definition) is 6. The van der Waals surface area contributed by atoms with Crippen molar-refractivity contribution >= 4 is 17.5 Å². The van der Waals surface area contributed by atoms with Crippen molar-refractivity contribution < 1.29 is 19.1 Å². The Morgan fingerprint density at radius 2 is 1.91 bits per heavy atom. The first kappa shape index (κ1) is 22.6. The predicted octanol–water partition coefficient (Wildman–Crippen LogP) is 4.34. The van der Waals surface area contributed by atoms with E-state index in [9.17, 15) is 9.59 Å². The Labute approximate surface area is 193 Å². The van der Waals surface area contributed by atoms with Gasteiger partial charge >= 0.3 is 0 Å². The summed E-state index contributed by atoms with van der Waals surface area (Å²) in [4.78, 5) is 31.3. The van der Waals surface area contributed by atoms with Crippen LogP contribution >= 0.6 is 0 Å². The van der Waals surface area contributed by atoms with Crippen LogP contribution in [0, 0.1) is 5.41 Å². The number of ketones is 1. The molecule has 1 atom stereocenters. The van der Waals surface area contributed by atoms with Gasteiger partial charge in [-0.05, 0) is 37.0 Å².